The summed E-state index contributed by atoms with van der Waals surface area (Å²) in [5.74, 6) is 0. The molecule has 5 heterocycles. The Bertz CT molecular complexity index is 1360. The van der Waals surface area contributed by atoms with Crippen molar-refractivity contribution in [2.75, 3.05) is 13.1 Å². The number of likely N-dealkylation sites (tertiary alicyclic amines) is 1. The fourth-order valence-corrected chi connectivity index (χ4v) is 5.82. The monoisotopic (exact) mass is 491 g/mol. The molecule has 1 spiro atoms. The van der Waals surface area contributed by atoms with Crippen LogP contribution in [0.2, 0.25) is 0 Å². The van der Waals surface area contributed by atoms with Gasteiger partial charge in [-0.2, -0.15) is 0 Å². The molecule has 2 fully saturated rings. The van der Waals surface area contributed by atoms with Gasteiger partial charge in [0.25, 0.3) is 5.56 Å². The molecule has 0 atom stereocenters. The molecule has 4 aromatic rings. The van der Waals surface area contributed by atoms with Gasteiger partial charge in [0.15, 0.2) is 0 Å². The molecular formula is C25H26BrN5O. The molecule has 7 heteroatoms. The number of hydrogen-bond acceptors (Lipinski definition) is 4. The van der Waals surface area contributed by atoms with Crippen molar-refractivity contribution < 1.29 is 0 Å². The van der Waals surface area contributed by atoms with Gasteiger partial charge in [0.05, 0.1) is 17.6 Å². The molecule has 0 amide bonds. The Balaban J connectivity index is 1.20. The fourth-order valence-electron chi connectivity index (χ4n) is 5.35. The van der Waals surface area contributed by atoms with Crippen LogP contribution in [0.15, 0.2) is 58.5 Å². The van der Waals surface area contributed by atoms with Gasteiger partial charge in [0.2, 0.25) is 0 Å². The van der Waals surface area contributed by atoms with Crippen molar-refractivity contribution >= 4 is 32.3 Å². The van der Waals surface area contributed by atoms with E-state index in [0.717, 1.165) is 27.7 Å². The number of hydrogen-bond donors (Lipinski definition) is 0. The minimum Gasteiger partial charge on any atom is -0.309 e. The van der Waals surface area contributed by atoms with Crippen LogP contribution in [-0.2, 0) is 13.1 Å². The van der Waals surface area contributed by atoms with Gasteiger partial charge in [-0.05, 0) is 77.8 Å². The zero-order chi connectivity index (χ0) is 21.7. The van der Waals surface area contributed by atoms with Crippen LogP contribution in [0.25, 0.3) is 16.4 Å². The van der Waals surface area contributed by atoms with Crippen molar-refractivity contribution in [3.05, 3.63) is 75.3 Å². The standard InChI is InChI=1S/C25H26BrN5O/c26-22-13-27-12-21-20(22)4-9-30(24(21)32)16-19-17-31-15-18(2-3-23(31)28-19)14-29-10-7-25(8-11-29)5-1-6-25/h2-4,9,12-13,15,17H,1,5-8,10-11,14,16H2. The molecule has 32 heavy (non-hydrogen) atoms. The number of fused-ring (bicyclic) bond motifs is 2. The normalized spacial score (nSPS) is 18.4. The molecule has 6 rings (SSSR count). The van der Waals surface area contributed by atoms with Crippen LogP contribution in [0.1, 0.15) is 43.4 Å². The molecule has 1 aliphatic heterocycles. The summed E-state index contributed by atoms with van der Waals surface area (Å²) in [7, 11) is 0. The molecule has 1 aliphatic carbocycles. The maximum atomic E-state index is 12.9. The molecule has 0 N–H and O–H groups in total. The maximum absolute atomic E-state index is 12.9. The lowest BCUT2D eigenvalue weighted by molar-refractivity contribution is 0.0305. The van der Waals surface area contributed by atoms with Crippen molar-refractivity contribution in [3.63, 3.8) is 0 Å². The van der Waals surface area contributed by atoms with E-state index in [0.29, 0.717) is 17.3 Å². The third kappa shape index (κ3) is 3.57. The van der Waals surface area contributed by atoms with Crippen LogP contribution >= 0.6 is 15.9 Å². The first-order valence-corrected chi connectivity index (χ1v) is 12.2. The lowest BCUT2D eigenvalue weighted by Gasteiger charge is -2.48. The quantitative estimate of drug-likeness (QED) is 0.417. The predicted molar refractivity (Wildman–Crippen MR) is 129 cm³/mol. The van der Waals surface area contributed by atoms with Gasteiger partial charge in [0.1, 0.15) is 5.65 Å². The Morgan fingerprint density at radius 1 is 0.969 bits per heavy atom. The molecule has 4 aromatic heterocycles. The Morgan fingerprint density at radius 2 is 1.81 bits per heavy atom. The fraction of sp³-hybridized carbons (Fsp3) is 0.400. The van der Waals surface area contributed by atoms with E-state index in [1.807, 2.05) is 18.5 Å². The van der Waals surface area contributed by atoms with E-state index in [4.69, 9.17) is 4.98 Å². The Morgan fingerprint density at radius 3 is 2.59 bits per heavy atom. The second kappa shape index (κ2) is 7.81. The van der Waals surface area contributed by atoms with Crippen molar-refractivity contribution in [1.29, 1.82) is 0 Å². The average Bonchev–Trinajstić information content (AvgIpc) is 3.17. The van der Waals surface area contributed by atoms with Gasteiger partial charge in [-0.25, -0.2) is 4.98 Å². The van der Waals surface area contributed by atoms with Crippen LogP contribution in [0.3, 0.4) is 0 Å². The molecule has 0 bridgehead atoms. The van der Waals surface area contributed by atoms with Gasteiger partial charge in [-0.15, -0.1) is 0 Å². The van der Waals surface area contributed by atoms with Crippen molar-refractivity contribution in [2.24, 2.45) is 5.41 Å². The Labute approximate surface area is 195 Å². The summed E-state index contributed by atoms with van der Waals surface area (Å²) in [6, 6.07) is 6.22. The third-order valence-corrected chi connectivity index (χ3v) is 8.11. The molecule has 0 unspecified atom stereocenters. The first-order valence-electron chi connectivity index (χ1n) is 11.4. The second-order valence-corrected chi connectivity index (χ2v) is 10.4. The van der Waals surface area contributed by atoms with Gasteiger partial charge in [0, 0.05) is 47.4 Å². The van der Waals surface area contributed by atoms with Crippen molar-refractivity contribution in [2.45, 2.75) is 45.2 Å². The highest BCUT2D eigenvalue weighted by atomic mass is 79.9. The van der Waals surface area contributed by atoms with Crippen LogP contribution < -0.4 is 5.56 Å². The van der Waals surface area contributed by atoms with E-state index < -0.39 is 0 Å². The van der Waals surface area contributed by atoms with E-state index in [1.165, 1.54) is 50.8 Å². The van der Waals surface area contributed by atoms with E-state index >= 15 is 0 Å². The minimum atomic E-state index is -0.0524. The van der Waals surface area contributed by atoms with E-state index in [1.54, 1.807) is 17.0 Å². The SMILES string of the molecule is O=c1c2cncc(Br)c2ccn1Cc1cn2cc(CN3CCC4(CCC4)CC3)ccc2n1. The summed E-state index contributed by atoms with van der Waals surface area (Å²) in [6.45, 7) is 3.85. The average molecular weight is 492 g/mol. The predicted octanol–water partition coefficient (Wildman–Crippen LogP) is 4.62. The summed E-state index contributed by atoms with van der Waals surface area (Å²) in [5.41, 5.74) is 3.73. The minimum absolute atomic E-state index is 0.0524. The highest BCUT2D eigenvalue weighted by molar-refractivity contribution is 9.10. The maximum Gasteiger partial charge on any atom is 0.260 e. The van der Waals surface area contributed by atoms with Gasteiger partial charge in [-0.1, -0.05) is 12.5 Å². The smallest absolute Gasteiger partial charge is 0.260 e. The number of rotatable bonds is 4. The van der Waals surface area contributed by atoms with Gasteiger partial charge < -0.3 is 8.97 Å². The number of piperidine rings is 1. The number of halogens is 1. The molecule has 1 saturated carbocycles. The summed E-state index contributed by atoms with van der Waals surface area (Å²) in [6.07, 6.45) is 16.4. The highest BCUT2D eigenvalue weighted by Gasteiger charge is 2.39. The van der Waals surface area contributed by atoms with Crippen LogP contribution in [-0.4, -0.2) is 36.9 Å². The number of aromatic nitrogens is 4. The lowest BCUT2D eigenvalue weighted by atomic mass is 9.63. The molecule has 6 nitrogen and oxygen atoms in total. The summed E-state index contributed by atoms with van der Waals surface area (Å²) >= 11 is 3.47. The number of pyridine rings is 3. The Kier molecular flexibility index (Phi) is 4.91. The summed E-state index contributed by atoms with van der Waals surface area (Å²) in [4.78, 5) is 24.4. The van der Waals surface area contributed by atoms with Gasteiger partial charge in [-0.3, -0.25) is 14.7 Å². The number of imidazole rings is 1. The third-order valence-electron chi connectivity index (χ3n) is 7.48. The first-order chi connectivity index (χ1) is 15.6. The first kappa shape index (κ1) is 20.1. The molecular weight excluding hydrogens is 466 g/mol. The largest absolute Gasteiger partial charge is 0.309 e. The van der Waals surface area contributed by atoms with Crippen LogP contribution in [0.4, 0.5) is 0 Å². The molecule has 0 radical (unpaired) electrons. The molecule has 1 saturated heterocycles. The van der Waals surface area contributed by atoms with Crippen LogP contribution in [0.5, 0.6) is 0 Å². The van der Waals surface area contributed by atoms with Crippen LogP contribution in [0, 0.1) is 5.41 Å². The second-order valence-electron chi connectivity index (χ2n) is 9.50. The van der Waals surface area contributed by atoms with Crippen molar-refractivity contribution in [1.82, 2.24) is 23.8 Å². The van der Waals surface area contributed by atoms with E-state index in [9.17, 15) is 4.79 Å². The Hall–Kier alpha value is -2.51. The highest BCUT2D eigenvalue weighted by Crippen LogP contribution is 2.48. The summed E-state index contributed by atoms with van der Waals surface area (Å²) < 4.78 is 4.62. The molecule has 0 aromatic carbocycles. The molecule has 2 aliphatic rings. The zero-order valence-electron chi connectivity index (χ0n) is 18.0. The molecule has 164 valence electrons. The van der Waals surface area contributed by atoms with E-state index in [-0.39, 0.29) is 5.56 Å². The number of nitrogens with zero attached hydrogens (tertiary/aromatic N) is 5. The lowest BCUT2D eigenvalue weighted by Crippen LogP contribution is -2.43. The topological polar surface area (TPSA) is 55.4 Å². The van der Waals surface area contributed by atoms with E-state index in [2.05, 4.69) is 48.5 Å². The zero-order valence-corrected chi connectivity index (χ0v) is 19.6. The summed E-state index contributed by atoms with van der Waals surface area (Å²) in [5, 5.41) is 1.49. The van der Waals surface area contributed by atoms with Crippen molar-refractivity contribution in [3.8, 4) is 0 Å². The van der Waals surface area contributed by atoms with Gasteiger partial charge >= 0.3 is 0 Å².